The zero-order valence-electron chi connectivity index (χ0n) is 14.3. The third-order valence-corrected chi connectivity index (χ3v) is 4.88. The molecule has 0 bridgehead atoms. The van der Waals surface area contributed by atoms with Gasteiger partial charge in [0.15, 0.2) is 0 Å². The predicted octanol–water partition coefficient (Wildman–Crippen LogP) is 2.96. The van der Waals surface area contributed by atoms with Crippen LogP contribution < -0.4 is 5.32 Å². The fraction of sp³-hybridized carbons (Fsp3) is 1.00. The molecule has 3 heteroatoms. The van der Waals surface area contributed by atoms with E-state index in [1.807, 2.05) is 0 Å². The second-order valence-electron chi connectivity index (χ2n) is 6.08. The first-order chi connectivity index (χ1) is 9.74. The van der Waals surface area contributed by atoms with Gasteiger partial charge in [0, 0.05) is 12.1 Å². The molecular formula is C17H37N3. The van der Waals surface area contributed by atoms with Crippen LogP contribution in [0.3, 0.4) is 0 Å². The van der Waals surface area contributed by atoms with Crippen molar-refractivity contribution in [2.24, 2.45) is 0 Å². The lowest BCUT2D eigenvalue weighted by atomic mass is 9.89. The standard InChI is InChI=1S/C17H37N3/c1-5-18-16-11-9-12-17(15-16)20(8-4)14-10-13-19(6-2)7-3/h16-18H,5-15H2,1-4H3. The Balaban J connectivity index is 2.33. The number of hydrogen-bond acceptors (Lipinski definition) is 3. The van der Waals surface area contributed by atoms with Gasteiger partial charge in [0.05, 0.1) is 0 Å². The van der Waals surface area contributed by atoms with Crippen molar-refractivity contribution in [2.75, 3.05) is 39.3 Å². The van der Waals surface area contributed by atoms with Crippen molar-refractivity contribution in [3.8, 4) is 0 Å². The molecule has 2 unspecified atom stereocenters. The largest absolute Gasteiger partial charge is 0.314 e. The molecule has 0 aromatic heterocycles. The zero-order chi connectivity index (χ0) is 14.8. The van der Waals surface area contributed by atoms with Gasteiger partial charge in [-0.3, -0.25) is 0 Å². The topological polar surface area (TPSA) is 18.5 Å². The Labute approximate surface area is 127 Å². The summed E-state index contributed by atoms with van der Waals surface area (Å²) in [5.74, 6) is 0. The Morgan fingerprint density at radius 1 is 0.950 bits per heavy atom. The number of nitrogens with zero attached hydrogens (tertiary/aromatic N) is 2. The average molecular weight is 284 g/mol. The minimum atomic E-state index is 0.760. The maximum Gasteiger partial charge on any atom is 0.0110 e. The lowest BCUT2D eigenvalue weighted by molar-refractivity contribution is 0.138. The van der Waals surface area contributed by atoms with E-state index in [1.165, 1.54) is 64.8 Å². The van der Waals surface area contributed by atoms with Crippen molar-refractivity contribution in [2.45, 2.75) is 71.9 Å². The monoisotopic (exact) mass is 283 g/mol. The Kier molecular flexibility index (Phi) is 9.49. The molecule has 0 aromatic rings. The summed E-state index contributed by atoms with van der Waals surface area (Å²) in [7, 11) is 0. The molecule has 1 N–H and O–H groups in total. The maximum atomic E-state index is 3.65. The van der Waals surface area contributed by atoms with Crippen LogP contribution >= 0.6 is 0 Å². The molecule has 1 rings (SSSR count). The highest BCUT2D eigenvalue weighted by Crippen LogP contribution is 2.23. The van der Waals surface area contributed by atoms with Crippen LogP contribution in [-0.4, -0.2) is 61.2 Å². The van der Waals surface area contributed by atoms with Crippen LogP contribution in [0.5, 0.6) is 0 Å². The number of rotatable bonds is 10. The van der Waals surface area contributed by atoms with Gasteiger partial charge in [-0.25, -0.2) is 0 Å². The van der Waals surface area contributed by atoms with Crippen molar-refractivity contribution in [3.05, 3.63) is 0 Å². The minimum Gasteiger partial charge on any atom is -0.314 e. The quantitative estimate of drug-likeness (QED) is 0.665. The Hall–Kier alpha value is -0.120. The summed E-state index contributed by atoms with van der Waals surface area (Å²) >= 11 is 0. The van der Waals surface area contributed by atoms with Crippen LogP contribution in [-0.2, 0) is 0 Å². The van der Waals surface area contributed by atoms with E-state index in [0.717, 1.165) is 18.6 Å². The first kappa shape index (κ1) is 17.9. The molecule has 120 valence electrons. The van der Waals surface area contributed by atoms with E-state index in [0.29, 0.717) is 0 Å². The van der Waals surface area contributed by atoms with Crippen LogP contribution in [0.2, 0.25) is 0 Å². The van der Waals surface area contributed by atoms with E-state index < -0.39 is 0 Å². The summed E-state index contributed by atoms with van der Waals surface area (Å²) in [6.45, 7) is 16.3. The predicted molar refractivity (Wildman–Crippen MR) is 89.4 cm³/mol. The molecule has 2 atom stereocenters. The third-order valence-electron chi connectivity index (χ3n) is 4.88. The Bertz CT molecular complexity index is 226. The highest BCUT2D eigenvalue weighted by molar-refractivity contribution is 4.83. The molecule has 1 aliphatic rings. The van der Waals surface area contributed by atoms with Crippen LogP contribution in [0.15, 0.2) is 0 Å². The van der Waals surface area contributed by atoms with Crippen LogP contribution in [0.1, 0.15) is 59.8 Å². The lowest BCUT2D eigenvalue weighted by Crippen LogP contribution is -2.45. The second kappa shape index (κ2) is 10.6. The average Bonchev–Trinajstić information content (AvgIpc) is 2.48. The molecule has 0 spiro atoms. The fourth-order valence-electron chi connectivity index (χ4n) is 3.61. The minimum absolute atomic E-state index is 0.760. The summed E-state index contributed by atoms with van der Waals surface area (Å²) in [6, 6.07) is 1.57. The Morgan fingerprint density at radius 2 is 1.70 bits per heavy atom. The highest BCUT2D eigenvalue weighted by Gasteiger charge is 2.25. The molecule has 0 heterocycles. The van der Waals surface area contributed by atoms with Gasteiger partial charge < -0.3 is 15.1 Å². The number of nitrogens with one attached hydrogen (secondary N) is 1. The van der Waals surface area contributed by atoms with Gasteiger partial charge in [0.2, 0.25) is 0 Å². The van der Waals surface area contributed by atoms with E-state index in [1.54, 1.807) is 0 Å². The van der Waals surface area contributed by atoms with E-state index in [-0.39, 0.29) is 0 Å². The van der Waals surface area contributed by atoms with Crippen molar-refractivity contribution < 1.29 is 0 Å². The van der Waals surface area contributed by atoms with E-state index in [9.17, 15) is 0 Å². The molecule has 0 amide bonds. The molecule has 1 saturated carbocycles. The SMILES string of the molecule is CCNC1CCCC(N(CC)CCCN(CC)CC)C1. The van der Waals surface area contributed by atoms with Crippen molar-refractivity contribution in [1.29, 1.82) is 0 Å². The van der Waals surface area contributed by atoms with E-state index in [2.05, 4.69) is 42.8 Å². The smallest absolute Gasteiger partial charge is 0.0110 e. The van der Waals surface area contributed by atoms with Gasteiger partial charge in [-0.2, -0.15) is 0 Å². The van der Waals surface area contributed by atoms with Gasteiger partial charge in [-0.15, -0.1) is 0 Å². The van der Waals surface area contributed by atoms with Gasteiger partial charge >= 0.3 is 0 Å². The Morgan fingerprint density at radius 3 is 2.30 bits per heavy atom. The fourth-order valence-corrected chi connectivity index (χ4v) is 3.61. The first-order valence-electron chi connectivity index (χ1n) is 8.94. The lowest BCUT2D eigenvalue weighted by Gasteiger charge is -2.37. The normalized spacial score (nSPS) is 23.7. The maximum absolute atomic E-state index is 3.65. The van der Waals surface area contributed by atoms with E-state index in [4.69, 9.17) is 0 Å². The molecule has 0 saturated heterocycles. The molecule has 0 aromatic carbocycles. The molecule has 3 nitrogen and oxygen atoms in total. The molecule has 1 fully saturated rings. The summed E-state index contributed by atoms with van der Waals surface area (Å²) in [4.78, 5) is 5.27. The van der Waals surface area contributed by atoms with Gasteiger partial charge in [-0.05, 0) is 65.0 Å². The van der Waals surface area contributed by atoms with Crippen LogP contribution in [0, 0.1) is 0 Å². The van der Waals surface area contributed by atoms with Crippen molar-refractivity contribution in [1.82, 2.24) is 15.1 Å². The summed E-state index contributed by atoms with van der Waals surface area (Å²) in [5.41, 5.74) is 0. The molecule has 0 aliphatic heterocycles. The summed E-state index contributed by atoms with van der Waals surface area (Å²) < 4.78 is 0. The molecular weight excluding hydrogens is 246 g/mol. The van der Waals surface area contributed by atoms with E-state index >= 15 is 0 Å². The number of hydrogen-bond donors (Lipinski definition) is 1. The zero-order valence-corrected chi connectivity index (χ0v) is 14.3. The highest BCUT2D eigenvalue weighted by atomic mass is 15.2. The molecule has 0 radical (unpaired) electrons. The second-order valence-corrected chi connectivity index (χ2v) is 6.08. The first-order valence-corrected chi connectivity index (χ1v) is 8.94. The van der Waals surface area contributed by atoms with Gasteiger partial charge in [0.1, 0.15) is 0 Å². The van der Waals surface area contributed by atoms with Gasteiger partial charge in [-0.1, -0.05) is 34.1 Å². The van der Waals surface area contributed by atoms with Crippen molar-refractivity contribution >= 4 is 0 Å². The summed E-state index contributed by atoms with van der Waals surface area (Å²) in [5, 5.41) is 3.65. The van der Waals surface area contributed by atoms with Crippen molar-refractivity contribution in [3.63, 3.8) is 0 Å². The van der Waals surface area contributed by atoms with Crippen LogP contribution in [0.4, 0.5) is 0 Å². The molecule has 1 aliphatic carbocycles. The third kappa shape index (κ3) is 6.11. The molecule has 20 heavy (non-hydrogen) atoms. The summed E-state index contributed by atoms with van der Waals surface area (Å²) in [6.07, 6.45) is 6.85. The van der Waals surface area contributed by atoms with Gasteiger partial charge in [0.25, 0.3) is 0 Å². The van der Waals surface area contributed by atoms with Crippen LogP contribution in [0.25, 0.3) is 0 Å².